The Kier molecular flexibility index (Phi) is 6.23. The minimum Gasteiger partial charge on any atom is -0.482 e. The van der Waals surface area contributed by atoms with Crippen molar-refractivity contribution in [3.8, 4) is 5.75 Å². The Balaban J connectivity index is 1.24. The molecule has 0 radical (unpaired) electrons. The first-order valence-electron chi connectivity index (χ1n) is 11.9. The van der Waals surface area contributed by atoms with E-state index >= 15 is 0 Å². The van der Waals surface area contributed by atoms with Crippen molar-refractivity contribution in [2.24, 2.45) is 0 Å². The van der Waals surface area contributed by atoms with Crippen LogP contribution < -0.4 is 15.0 Å². The molecule has 1 aliphatic rings. The second-order valence-corrected chi connectivity index (χ2v) is 8.83. The number of aromatic nitrogens is 2. The average Bonchev–Trinajstić information content (AvgIpc) is 3.27. The van der Waals surface area contributed by atoms with Crippen LogP contribution in [0.1, 0.15) is 30.3 Å². The summed E-state index contributed by atoms with van der Waals surface area (Å²) in [4.78, 5) is 35.4. The predicted molar refractivity (Wildman–Crippen MR) is 137 cm³/mol. The molecule has 1 unspecified atom stereocenters. The molecular weight excluding hydrogens is 440 g/mol. The van der Waals surface area contributed by atoms with Gasteiger partial charge in [0.2, 0.25) is 5.91 Å². The summed E-state index contributed by atoms with van der Waals surface area (Å²) in [7, 11) is 0. The lowest BCUT2D eigenvalue weighted by molar-refractivity contribution is -0.125. The number of nitrogens with zero attached hydrogens (tertiary/aromatic N) is 2. The standard InChI is InChI=1S/C28H28N4O3/c1-3-23(32-24-6-4-5-7-25(24)35-17-27(32)33)28(34)29-20-12-9-19(10-13-20)11-15-26-30-21-14-8-18(2)16-22(21)31-26/h4-10,12-14,16,23H,3,11,15,17H2,1-2H3,(H,29,34)(H,30,31). The number of aromatic amines is 1. The minimum atomic E-state index is -0.621. The molecule has 2 N–H and O–H groups in total. The van der Waals surface area contributed by atoms with E-state index in [1.54, 1.807) is 11.0 Å². The molecule has 0 aliphatic carbocycles. The van der Waals surface area contributed by atoms with Crippen LogP contribution in [0.25, 0.3) is 11.0 Å². The maximum absolute atomic E-state index is 13.1. The Morgan fingerprint density at radius 2 is 1.91 bits per heavy atom. The van der Waals surface area contributed by atoms with Gasteiger partial charge >= 0.3 is 0 Å². The smallest absolute Gasteiger partial charge is 0.265 e. The number of para-hydroxylation sites is 2. The van der Waals surface area contributed by atoms with Gasteiger partial charge in [0.05, 0.1) is 16.7 Å². The van der Waals surface area contributed by atoms with Crippen LogP contribution >= 0.6 is 0 Å². The highest BCUT2D eigenvalue weighted by molar-refractivity contribution is 6.07. The molecule has 7 nitrogen and oxygen atoms in total. The molecule has 2 amide bonds. The van der Waals surface area contributed by atoms with E-state index in [0.717, 1.165) is 35.3 Å². The van der Waals surface area contributed by atoms with Gasteiger partial charge in [0.1, 0.15) is 17.6 Å². The zero-order chi connectivity index (χ0) is 24.4. The summed E-state index contributed by atoms with van der Waals surface area (Å²) in [5.74, 6) is 1.14. The molecule has 1 atom stereocenters. The quantitative estimate of drug-likeness (QED) is 0.408. The van der Waals surface area contributed by atoms with Gasteiger partial charge in [0.25, 0.3) is 5.91 Å². The topological polar surface area (TPSA) is 87.3 Å². The third-order valence-corrected chi connectivity index (χ3v) is 6.30. The van der Waals surface area contributed by atoms with Crippen LogP contribution in [0.2, 0.25) is 0 Å². The van der Waals surface area contributed by atoms with Gasteiger partial charge in [0, 0.05) is 12.1 Å². The Labute approximate surface area is 204 Å². The summed E-state index contributed by atoms with van der Waals surface area (Å²) in [6.07, 6.45) is 2.13. The summed E-state index contributed by atoms with van der Waals surface area (Å²) >= 11 is 0. The van der Waals surface area contributed by atoms with Crippen molar-refractivity contribution < 1.29 is 14.3 Å². The molecule has 178 valence electrons. The summed E-state index contributed by atoms with van der Waals surface area (Å²) in [6.45, 7) is 3.90. The monoisotopic (exact) mass is 468 g/mol. The summed E-state index contributed by atoms with van der Waals surface area (Å²) in [6, 6.07) is 20.7. The van der Waals surface area contributed by atoms with Crippen molar-refractivity contribution >= 4 is 34.2 Å². The number of fused-ring (bicyclic) bond motifs is 2. The van der Waals surface area contributed by atoms with Crippen LogP contribution in [0.3, 0.4) is 0 Å². The number of imidazole rings is 1. The molecule has 0 saturated heterocycles. The van der Waals surface area contributed by atoms with E-state index in [-0.39, 0.29) is 18.4 Å². The van der Waals surface area contributed by atoms with Crippen molar-refractivity contribution in [1.82, 2.24) is 9.97 Å². The van der Waals surface area contributed by atoms with Crippen molar-refractivity contribution in [3.05, 3.63) is 83.7 Å². The lowest BCUT2D eigenvalue weighted by atomic mass is 10.1. The fraction of sp³-hybridized carbons (Fsp3) is 0.250. The minimum absolute atomic E-state index is 0.0691. The number of nitrogens with one attached hydrogen (secondary N) is 2. The molecule has 2 heterocycles. The molecule has 0 bridgehead atoms. The van der Waals surface area contributed by atoms with E-state index in [1.165, 1.54) is 5.56 Å². The number of benzene rings is 3. The highest BCUT2D eigenvalue weighted by atomic mass is 16.5. The van der Waals surface area contributed by atoms with Crippen molar-refractivity contribution in [2.75, 3.05) is 16.8 Å². The molecule has 35 heavy (non-hydrogen) atoms. The number of carbonyl (C=O) groups is 2. The Morgan fingerprint density at radius 3 is 2.71 bits per heavy atom. The Hall–Kier alpha value is -4.13. The van der Waals surface area contributed by atoms with Gasteiger partial charge in [-0.2, -0.15) is 0 Å². The molecule has 0 saturated carbocycles. The first-order valence-corrected chi connectivity index (χ1v) is 11.9. The largest absolute Gasteiger partial charge is 0.482 e. The zero-order valence-electron chi connectivity index (χ0n) is 19.9. The molecule has 7 heteroatoms. The fourth-order valence-electron chi connectivity index (χ4n) is 4.49. The zero-order valence-corrected chi connectivity index (χ0v) is 19.9. The van der Waals surface area contributed by atoms with E-state index in [0.29, 0.717) is 23.5 Å². The van der Waals surface area contributed by atoms with E-state index in [2.05, 4.69) is 34.3 Å². The second-order valence-electron chi connectivity index (χ2n) is 8.83. The third kappa shape index (κ3) is 4.75. The average molecular weight is 469 g/mol. The van der Waals surface area contributed by atoms with Crippen LogP contribution in [-0.4, -0.2) is 34.4 Å². The van der Waals surface area contributed by atoms with Crippen LogP contribution in [0.5, 0.6) is 5.75 Å². The molecule has 5 rings (SSSR count). The summed E-state index contributed by atoms with van der Waals surface area (Å²) in [5.41, 5.74) is 5.73. The van der Waals surface area contributed by atoms with Gasteiger partial charge in [-0.3, -0.25) is 14.5 Å². The number of carbonyl (C=O) groups excluding carboxylic acids is 2. The lowest BCUT2D eigenvalue weighted by Crippen LogP contribution is -2.51. The van der Waals surface area contributed by atoms with Gasteiger partial charge in [0.15, 0.2) is 6.61 Å². The Morgan fingerprint density at radius 1 is 1.11 bits per heavy atom. The molecular formula is C28H28N4O3. The van der Waals surface area contributed by atoms with Crippen molar-refractivity contribution in [1.29, 1.82) is 0 Å². The first-order chi connectivity index (χ1) is 17.0. The molecule has 0 fully saturated rings. The summed E-state index contributed by atoms with van der Waals surface area (Å²) < 4.78 is 5.52. The van der Waals surface area contributed by atoms with Gasteiger partial charge in [-0.25, -0.2) is 4.98 Å². The number of rotatable bonds is 7. The van der Waals surface area contributed by atoms with Gasteiger partial charge in [-0.15, -0.1) is 0 Å². The number of hydrogen-bond donors (Lipinski definition) is 2. The number of H-pyrrole nitrogens is 1. The first kappa shape index (κ1) is 22.7. The molecule has 4 aromatic rings. The normalized spacial score (nSPS) is 13.9. The molecule has 1 aliphatic heterocycles. The van der Waals surface area contributed by atoms with Gasteiger partial charge in [-0.1, -0.05) is 37.3 Å². The highest BCUT2D eigenvalue weighted by Crippen LogP contribution is 2.33. The van der Waals surface area contributed by atoms with E-state index in [4.69, 9.17) is 4.74 Å². The lowest BCUT2D eigenvalue weighted by Gasteiger charge is -2.34. The maximum atomic E-state index is 13.1. The van der Waals surface area contributed by atoms with Gasteiger partial charge < -0.3 is 15.0 Å². The van der Waals surface area contributed by atoms with Crippen LogP contribution in [0.4, 0.5) is 11.4 Å². The fourth-order valence-corrected chi connectivity index (χ4v) is 4.49. The molecule has 0 spiro atoms. The SMILES string of the molecule is CCC(C(=O)Nc1ccc(CCc2nc3ccc(C)cc3[nH]2)cc1)N1C(=O)COc2ccccc21. The van der Waals surface area contributed by atoms with Crippen molar-refractivity contribution in [2.45, 2.75) is 39.2 Å². The van der Waals surface area contributed by atoms with Crippen molar-refractivity contribution in [3.63, 3.8) is 0 Å². The number of ether oxygens (including phenoxy) is 1. The third-order valence-electron chi connectivity index (χ3n) is 6.30. The predicted octanol–water partition coefficient (Wildman–Crippen LogP) is 4.80. The number of anilines is 2. The number of aryl methyl sites for hydroxylation is 3. The van der Waals surface area contributed by atoms with E-state index in [1.807, 2.05) is 55.5 Å². The molecule has 3 aromatic carbocycles. The Bertz CT molecular complexity index is 1380. The molecule has 1 aromatic heterocycles. The second kappa shape index (κ2) is 9.62. The number of amides is 2. The maximum Gasteiger partial charge on any atom is 0.265 e. The van der Waals surface area contributed by atoms with Crippen LogP contribution in [0.15, 0.2) is 66.7 Å². The van der Waals surface area contributed by atoms with Crippen LogP contribution in [0, 0.1) is 6.92 Å². The van der Waals surface area contributed by atoms with E-state index in [9.17, 15) is 9.59 Å². The van der Waals surface area contributed by atoms with E-state index < -0.39 is 6.04 Å². The van der Waals surface area contributed by atoms with Gasteiger partial charge in [-0.05, 0) is 67.3 Å². The number of hydrogen-bond acceptors (Lipinski definition) is 4. The summed E-state index contributed by atoms with van der Waals surface area (Å²) in [5, 5.41) is 2.97. The highest BCUT2D eigenvalue weighted by Gasteiger charge is 2.34. The van der Waals surface area contributed by atoms with Crippen LogP contribution in [-0.2, 0) is 22.4 Å².